The third kappa shape index (κ3) is 2.70. The van der Waals surface area contributed by atoms with E-state index in [0.717, 1.165) is 23.5 Å². The molecule has 0 aliphatic carbocycles. The van der Waals surface area contributed by atoms with Gasteiger partial charge in [-0.15, -0.1) is 0 Å². The van der Waals surface area contributed by atoms with Gasteiger partial charge in [-0.3, -0.25) is 4.79 Å². The van der Waals surface area contributed by atoms with Crippen LogP contribution in [0.1, 0.15) is 22.8 Å². The van der Waals surface area contributed by atoms with Crippen molar-refractivity contribution >= 4 is 17.3 Å². The van der Waals surface area contributed by atoms with Crippen molar-refractivity contribution < 1.29 is 9.53 Å². The molecule has 0 saturated carbocycles. The Kier molecular flexibility index (Phi) is 3.52. The average molecular weight is 282 g/mol. The van der Waals surface area contributed by atoms with Crippen LogP contribution < -0.4 is 15.4 Å². The maximum absolute atomic E-state index is 12.3. The van der Waals surface area contributed by atoms with Crippen molar-refractivity contribution in [2.75, 3.05) is 17.7 Å². The van der Waals surface area contributed by atoms with E-state index in [4.69, 9.17) is 4.74 Å². The highest BCUT2D eigenvalue weighted by molar-refractivity contribution is 6.05. The number of nitrogens with one attached hydrogen (secondary N) is 2. The summed E-state index contributed by atoms with van der Waals surface area (Å²) in [5.74, 6) is 0.635. The lowest BCUT2D eigenvalue weighted by atomic mass is 10.1. The van der Waals surface area contributed by atoms with Crippen LogP contribution in [0.15, 0.2) is 42.5 Å². The molecule has 4 heteroatoms. The third-order valence-electron chi connectivity index (χ3n) is 3.69. The molecule has 1 unspecified atom stereocenters. The predicted molar refractivity (Wildman–Crippen MR) is 84.2 cm³/mol. The number of anilines is 2. The van der Waals surface area contributed by atoms with E-state index in [-0.39, 0.29) is 5.91 Å². The van der Waals surface area contributed by atoms with Gasteiger partial charge in [0.05, 0.1) is 7.11 Å². The first kappa shape index (κ1) is 13.5. The summed E-state index contributed by atoms with van der Waals surface area (Å²) < 4.78 is 5.10. The smallest absolute Gasteiger partial charge is 0.255 e. The summed E-state index contributed by atoms with van der Waals surface area (Å²) in [6.45, 7) is 2.13. The molecule has 2 aromatic rings. The minimum Gasteiger partial charge on any atom is -0.497 e. The highest BCUT2D eigenvalue weighted by Crippen LogP contribution is 2.32. The van der Waals surface area contributed by atoms with Gasteiger partial charge < -0.3 is 15.4 Å². The lowest BCUT2D eigenvalue weighted by molar-refractivity contribution is 0.102. The van der Waals surface area contributed by atoms with E-state index in [1.165, 1.54) is 5.56 Å². The van der Waals surface area contributed by atoms with Crippen molar-refractivity contribution in [3.63, 3.8) is 0 Å². The molecule has 0 aromatic heterocycles. The Labute approximate surface area is 124 Å². The van der Waals surface area contributed by atoms with Crippen LogP contribution in [-0.4, -0.2) is 19.1 Å². The van der Waals surface area contributed by atoms with Crippen LogP contribution >= 0.6 is 0 Å². The minimum atomic E-state index is -0.106. The van der Waals surface area contributed by atoms with Crippen molar-refractivity contribution in [3.8, 4) is 5.75 Å². The normalized spacial score (nSPS) is 16.0. The fourth-order valence-corrected chi connectivity index (χ4v) is 2.62. The van der Waals surface area contributed by atoms with Gasteiger partial charge in [0.15, 0.2) is 0 Å². The number of benzene rings is 2. The van der Waals surface area contributed by atoms with E-state index in [1.54, 1.807) is 31.4 Å². The van der Waals surface area contributed by atoms with Crippen LogP contribution in [0.3, 0.4) is 0 Å². The Hall–Kier alpha value is -2.49. The van der Waals surface area contributed by atoms with Crippen molar-refractivity contribution in [2.45, 2.75) is 19.4 Å². The summed E-state index contributed by atoms with van der Waals surface area (Å²) in [5, 5.41) is 6.39. The Morgan fingerprint density at radius 1 is 1.24 bits per heavy atom. The maximum Gasteiger partial charge on any atom is 0.255 e. The van der Waals surface area contributed by atoms with Crippen LogP contribution in [-0.2, 0) is 6.42 Å². The molecular weight excluding hydrogens is 264 g/mol. The van der Waals surface area contributed by atoms with Crippen LogP contribution in [0.4, 0.5) is 11.4 Å². The molecule has 108 valence electrons. The van der Waals surface area contributed by atoms with Crippen LogP contribution in [0.25, 0.3) is 0 Å². The molecule has 21 heavy (non-hydrogen) atoms. The molecule has 0 spiro atoms. The van der Waals surface area contributed by atoms with Crippen LogP contribution in [0.5, 0.6) is 5.75 Å². The molecule has 0 radical (unpaired) electrons. The number of carbonyl (C=O) groups excluding carboxylic acids is 1. The number of hydrogen-bond donors (Lipinski definition) is 2. The average Bonchev–Trinajstić information content (AvgIpc) is 2.88. The van der Waals surface area contributed by atoms with E-state index in [1.807, 2.05) is 18.2 Å². The SMILES string of the molecule is COc1ccc(C(=O)Nc2cccc3c2CC(C)N3)cc1. The van der Waals surface area contributed by atoms with E-state index < -0.39 is 0 Å². The topological polar surface area (TPSA) is 50.4 Å². The highest BCUT2D eigenvalue weighted by Gasteiger charge is 2.20. The van der Waals surface area contributed by atoms with E-state index >= 15 is 0 Å². The second-order valence-corrected chi connectivity index (χ2v) is 5.26. The zero-order valence-corrected chi connectivity index (χ0v) is 12.1. The Morgan fingerprint density at radius 2 is 2.00 bits per heavy atom. The van der Waals surface area contributed by atoms with E-state index in [9.17, 15) is 4.79 Å². The molecule has 4 nitrogen and oxygen atoms in total. The Morgan fingerprint density at radius 3 is 2.71 bits per heavy atom. The zero-order valence-electron chi connectivity index (χ0n) is 12.1. The first-order valence-corrected chi connectivity index (χ1v) is 7.01. The van der Waals surface area contributed by atoms with Gasteiger partial charge in [-0.1, -0.05) is 6.07 Å². The quantitative estimate of drug-likeness (QED) is 0.908. The first-order chi connectivity index (χ1) is 10.2. The second kappa shape index (κ2) is 5.48. The van der Waals surface area contributed by atoms with Crippen LogP contribution in [0, 0.1) is 0 Å². The van der Waals surface area contributed by atoms with Crippen molar-refractivity contribution in [3.05, 3.63) is 53.6 Å². The van der Waals surface area contributed by atoms with Crippen molar-refractivity contribution in [1.29, 1.82) is 0 Å². The number of fused-ring (bicyclic) bond motifs is 1. The minimum absolute atomic E-state index is 0.106. The largest absolute Gasteiger partial charge is 0.497 e. The predicted octanol–water partition coefficient (Wildman–Crippen LogP) is 3.30. The summed E-state index contributed by atoms with van der Waals surface area (Å²) in [6.07, 6.45) is 0.925. The zero-order chi connectivity index (χ0) is 14.8. The fourth-order valence-electron chi connectivity index (χ4n) is 2.62. The van der Waals surface area contributed by atoms with Gasteiger partial charge in [0, 0.05) is 28.5 Å². The van der Waals surface area contributed by atoms with Gasteiger partial charge in [0.2, 0.25) is 0 Å². The lowest BCUT2D eigenvalue weighted by Gasteiger charge is -2.10. The van der Waals surface area contributed by atoms with Gasteiger partial charge in [-0.05, 0) is 49.7 Å². The third-order valence-corrected chi connectivity index (χ3v) is 3.69. The second-order valence-electron chi connectivity index (χ2n) is 5.26. The maximum atomic E-state index is 12.3. The molecule has 0 saturated heterocycles. The summed E-state index contributed by atoms with van der Waals surface area (Å²) >= 11 is 0. The molecule has 0 fully saturated rings. The Bertz CT molecular complexity index is 665. The standard InChI is InChI=1S/C17H18N2O2/c1-11-10-14-15(18-11)4-3-5-16(14)19-17(20)12-6-8-13(21-2)9-7-12/h3-9,11,18H,10H2,1-2H3,(H,19,20). The number of ether oxygens (including phenoxy) is 1. The summed E-state index contributed by atoms with van der Waals surface area (Å²) in [7, 11) is 1.61. The first-order valence-electron chi connectivity index (χ1n) is 7.01. The molecule has 1 atom stereocenters. The molecule has 2 aromatic carbocycles. The van der Waals surface area contributed by atoms with Crippen molar-refractivity contribution in [1.82, 2.24) is 0 Å². The number of amides is 1. The number of carbonyl (C=O) groups is 1. The molecule has 1 aliphatic rings. The van der Waals surface area contributed by atoms with Gasteiger partial charge in [-0.25, -0.2) is 0 Å². The molecule has 3 rings (SSSR count). The van der Waals surface area contributed by atoms with Crippen LogP contribution in [0.2, 0.25) is 0 Å². The van der Waals surface area contributed by atoms with E-state index in [0.29, 0.717) is 11.6 Å². The highest BCUT2D eigenvalue weighted by atomic mass is 16.5. The molecule has 1 amide bonds. The summed E-state index contributed by atoms with van der Waals surface area (Å²) in [4.78, 5) is 12.3. The molecule has 1 heterocycles. The molecule has 1 aliphatic heterocycles. The summed E-state index contributed by atoms with van der Waals surface area (Å²) in [5.41, 5.74) is 3.78. The van der Waals surface area contributed by atoms with Gasteiger partial charge >= 0.3 is 0 Å². The monoisotopic (exact) mass is 282 g/mol. The van der Waals surface area contributed by atoms with E-state index in [2.05, 4.69) is 17.6 Å². The number of rotatable bonds is 3. The van der Waals surface area contributed by atoms with Gasteiger partial charge in [0.25, 0.3) is 5.91 Å². The lowest BCUT2D eigenvalue weighted by Crippen LogP contribution is -2.13. The van der Waals surface area contributed by atoms with Gasteiger partial charge in [-0.2, -0.15) is 0 Å². The van der Waals surface area contributed by atoms with Crippen molar-refractivity contribution in [2.24, 2.45) is 0 Å². The van der Waals surface area contributed by atoms with Gasteiger partial charge in [0.1, 0.15) is 5.75 Å². The number of hydrogen-bond acceptors (Lipinski definition) is 3. The number of methoxy groups -OCH3 is 1. The summed E-state index contributed by atoms with van der Waals surface area (Å²) in [6, 6.07) is 13.4. The molecule has 2 N–H and O–H groups in total. The Balaban J connectivity index is 1.80. The molecular formula is C17H18N2O2. The fraction of sp³-hybridized carbons (Fsp3) is 0.235. The molecule has 0 bridgehead atoms.